The zero-order chi connectivity index (χ0) is 14.8. The number of nitrogens with one attached hydrogen (secondary N) is 1. The van der Waals surface area contributed by atoms with Gasteiger partial charge in [-0.3, -0.25) is 4.79 Å². The van der Waals surface area contributed by atoms with Crippen molar-refractivity contribution in [2.45, 2.75) is 19.8 Å². The number of carbonyl (C=O) groups excluding carboxylic acids is 1. The zero-order valence-corrected chi connectivity index (χ0v) is 13.2. The summed E-state index contributed by atoms with van der Waals surface area (Å²) >= 11 is 7.55. The van der Waals surface area contributed by atoms with Crippen LogP contribution in [0.15, 0.2) is 41.5 Å². The van der Waals surface area contributed by atoms with E-state index in [4.69, 9.17) is 11.6 Å². The van der Waals surface area contributed by atoms with E-state index in [1.807, 2.05) is 37.3 Å². The third-order valence-corrected chi connectivity index (χ3v) is 4.87. The summed E-state index contributed by atoms with van der Waals surface area (Å²) in [4.78, 5) is 13.8. The smallest absolute Gasteiger partial charge is 0.243 e. The Morgan fingerprint density at radius 3 is 2.62 bits per heavy atom. The predicted molar refractivity (Wildman–Crippen MR) is 87.8 cm³/mol. The lowest BCUT2D eigenvalue weighted by molar-refractivity contribution is -0.122. The number of nitrogens with zero attached hydrogens (tertiary/aromatic N) is 1. The number of hydrogen-bond acceptors (Lipinski definition) is 3. The van der Waals surface area contributed by atoms with Gasteiger partial charge in [0.05, 0.1) is 10.6 Å². The van der Waals surface area contributed by atoms with Crippen LogP contribution in [-0.2, 0) is 4.79 Å². The summed E-state index contributed by atoms with van der Waals surface area (Å²) < 4.78 is 0. The summed E-state index contributed by atoms with van der Waals surface area (Å²) in [6, 6.07) is 11.8. The third kappa shape index (κ3) is 3.52. The van der Waals surface area contributed by atoms with Crippen molar-refractivity contribution in [3.63, 3.8) is 0 Å². The lowest BCUT2D eigenvalue weighted by atomic mass is 10.2. The van der Waals surface area contributed by atoms with Crippen molar-refractivity contribution in [2.75, 3.05) is 0 Å². The molecular weight excluding hydrogens is 304 g/mol. The Hall–Kier alpha value is -1.65. The van der Waals surface area contributed by atoms with E-state index in [0.717, 1.165) is 38.9 Å². The zero-order valence-electron chi connectivity index (χ0n) is 11.6. The minimum absolute atomic E-state index is 0.0313. The first-order valence-electron chi connectivity index (χ1n) is 6.84. The summed E-state index contributed by atoms with van der Waals surface area (Å²) in [6.45, 7) is 1.91. The molecule has 5 heteroatoms. The van der Waals surface area contributed by atoms with Gasteiger partial charge in [-0.25, -0.2) is 5.43 Å². The molecule has 0 spiro atoms. The maximum Gasteiger partial charge on any atom is 0.243 e. The second-order valence-electron chi connectivity index (χ2n) is 5.12. The number of halogens is 1. The van der Waals surface area contributed by atoms with E-state index in [2.05, 4.69) is 16.6 Å². The Kier molecular flexibility index (Phi) is 4.08. The van der Waals surface area contributed by atoms with E-state index < -0.39 is 0 Å². The number of benzene rings is 1. The van der Waals surface area contributed by atoms with Crippen molar-refractivity contribution < 1.29 is 4.79 Å². The van der Waals surface area contributed by atoms with Crippen molar-refractivity contribution >= 4 is 34.6 Å². The molecule has 1 fully saturated rings. The molecule has 3 rings (SSSR count). The molecule has 1 amide bonds. The van der Waals surface area contributed by atoms with Crippen molar-refractivity contribution in [1.82, 2.24) is 5.43 Å². The van der Waals surface area contributed by atoms with Gasteiger partial charge >= 0.3 is 0 Å². The molecule has 0 atom stereocenters. The number of hydrogen-bond donors (Lipinski definition) is 1. The van der Waals surface area contributed by atoms with Crippen LogP contribution in [0.4, 0.5) is 0 Å². The number of carbonyl (C=O) groups is 1. The second-order valence-corrected chi connectivity index (χ2v) is 6.64. The lowest BCUT2D eigenvalue weighted by Gasteiger charge is -1.99. The van der Waals surface area contributed by atoms with Crippen LogP contribution in [0.2, 0.25) is 5.02 Å². The Bertz CT molecular complexity index is 687. The molecule has 0 unspecified atom stereocenters. The van der Waals surface area contributed by atoms with Gasteiger partial charge in [0.1, 0.15) is 0 Å². The molecule has 0 saturated heterocycles. The summed E-state index contributed by atoms with van der Waals surface area (Å²) in [5.74, 6) is 0.207. The fraction of sp³-hybridized carbons (Fsp3) is 0.250. The molecule has 1 aliphatic rings. The van der Waals surface area contributed by atoms with Gasteiger partial charge in [0, 0.05) is 15.8 Å². The van der Waals surface area contributed by atoms with Crippen molar-refractivity contribution in [2.24, 2.45) is 11.0 Å². The monoisotopic (exact) mass is 318 g/mol. The van der Waals surface area contributed by atoms with E-state index in [9.17, 15) is 4.79 Å². The van der Waals surface area contributed by atoms with Crippen LogP contribution in [0.1, 0.15) is 24.6 Å². The molecule has 1 aromatic carbocycles. The highest BCUT2D eigenvalue weighted by Gasteiger charge is 2.29. The predicted octanol–water partition coefficient (Wildman–Crippen LogP) is 4.32. The minimum atomic E-state index is 0.0313. The van der Waals surface area contributed by atoms with Gasteiger partial charge in [0.25, 0.3) is 0 Å². The third-order valence-electron chi connectivity index (χ3n) is 3.37. The molecule has 0 aliphatic heterocycles. The maximum atomic E-state index is 11.6. The quantitative estimate of drug-likeness (QED) is 0.662. The van der Waals surface area contributed by atoms with Crippen LogP contribution < -0.4 is 5.43 Å². The van der Waals surface area contributed by atoms with E-state index in [0.29, 0.717) is 0 Å². The molecule has 1 heterocycles. The summed E-state index contributed by atoms with van der Waals surface area (Å²) in [6.07, 6.45) is 1.97. The Labute approximate surface area is 132 Å². The van der Waals surface area contributed by atoms with Crippen LogP contribution in [-0.4, -0.2) is 11.6 Å². The summed E-state index contributed by atoms with van der Waals surface area (Å²) in [5, 5.41) is 4.92. The van der Waals surface area contributed by atoms with Crippen molar-refractivity contribution in [1.29, 1.82) is 0 Å². The normalized spacial score (nSPS) is 15.0. The highest BCUT2D eigenvalue weighted by Crippen LogP contribution is 2.30. The Balaban J connectivity index is 1.72. The van der Waals surface area contributed by atoms with E-state index >= 15 is 0 Å². The van der Waals surface area contributed by atoms with Crippen molar-refractivity contribution in [3.05, 3.63) is 46.3 Å². The average molecular weight is 319 g/mol. The van der Waals surface area contributed by atoms with Gasteiger partial charge in [0.15, 0.2) is 0 Å². The van der Waals surface area contributed by atoms with Gasteiger partial charge in [-0.2, -0.15) is 5.10 Å². The first kappa shape index (κ1) is 14.3. The van der Waals surface area contributed by atoms with E-state index in [-0.39, 0.29) is 11.8 Å². The van der Waals surface area contributed by atoms with Crippen molar-refractivity contribution in [3.8, 4) is 10.4 Å². The van der Waals surface area contributed by atoms with Gasteiger partial charge in [-0.05, 0) is 49.6 Å². The lowest BCUT2D eigenvalue weighted by Crippen LogP contribution is -2.20. The first-order chi connectivity index (χ1) is 10.1. The minimum Gasteiger partial charge on any atom is -0.273 e. The molecule has 1 saturated carbocycles. The Morgan fingerprint density at radius 1 is 1.24 bits per heavy atom. The number of thiophene rings is 1. The van der Waals surface area contributed by atoms with Gasteiger partial charge < -0.3 is 0 Å². The standard InChI is InChI=1S/C16H15ClN2OS/c1-10(18-19-16(20)12-2-3-12)14-8-9-15(21-14)11-4-6-13(17)7-5-11/h4-9,12H,2-3H2,1H3,(H,19,20)/b18-10+. The molecule has 0 radical (unpaired) electrons. The van der Waals surface area contributed by atoms with Crippen LogP contribution in [0.3, 0.4) is 0 Å². The number of hydrazone groups is 1. The largest absolute Gasteiger partial charge is 0.273 e. The highest BCUT2D eigenvalue weighted by molar-refractivity contribution is 7.17. The van der Waals surface area contributed by atoms with Crippen LogP contribution in [0, 0.1) is 5.92 Å². The first-order valence-corrected chi connectivity index (χ1v) is 8.03. The average Bonchev–Trinajstić information content (AvgIpc) is 3.23. The Morgan fingerprint density at radius 2 is 1.95 bits per heavy atom. The molecule has 2 aromatic rings. The molecule has 0 bridgehead atoms. The molecule has 108 valence electrons. The van der Waals surface area contributed by atoms with E-state index in [1.54, 1.807) is 11.3 Å². The fourth-order valence-electron chi connectivity index (χ4n) is 1.93. The van der Waals surface area contributed by atoms with Gasteiger partial charge in [0.2, 0.25) is 5.91 Å². The topological polar surface area (TPSA) is 41.5 Å². The molecule has 1 N–H and O–H groups in total. The fourth-order valence-corrected chi connectivity index (χ4v) is 3.01. The van der Waals surface area contributed by atoms with Gasteiger partial charge in [-0.1, -0.05) is 23.7 Å². The molecule has 21 heavy (non-hydrogen) atoms. The summed E-state index contributed by atoms with van der Waals surface area (Å²) in [5.41, 5.74) is 4.60. The molecule has 3 nitrogen and oxygen atoms in total. The second kappa shape index (κ2) is 6.00. The maximum absolute atomic E-state index is 11.6. The van der Waals surface area contributed by atoms with Crippen LogP contribution >= 0.6 is 22.9 Å². The van der Waals surface area contributed by atoms with Gasteiger partial charge in [-0.15, -0.1) is 11.3 Å². The molecular formula is C16H15ClN2OS. The molecule has 1 aliphatic carbocycles. The number of rotatable bonds is 4. The highest BCUT2D eigenvalue weighted by atomic mass is 35.5. The molecule has 1 aromatic heterocycles. The number of amides is 1. The summed E-state index contributed by atoms with van der Waals surface area (Å²) in [7, 11) is 0. The van der Waals surface area contributed by atoms with Crippen LogP contribution in [0.25, 0.3) is 10.4 Å². The van der Waals surface area contributed by atoms with Crippen LogP contribution in [0.5, 0.6) is 0 Å². The SMILES string of the molecule is C/C(=N\NC(=O)C1CC1)c1ccc(-c2ccc(Cl)cc2)s1. The van der Waals surface area contributed by atoms with E-state index in [1.165, 1.54) is 0 Å².